The molecule has 0 heterocycles. The van der Waals surface area contributed by atoms with Gasteiger partial charge in [-0.15, -0.1) is 0 Å². The van der Waals surface area contributed by atoms with Crippen LogP contribution in [0.3, 0.4) is 0 Å². The fraction of sp³-hybridized carbons (Fsp3) is 0.500. The Morgan fingerprint density at radius 2 is 1.70 bits per heavy atom. The molecule has 5 nitrogen and oxygen atoms in total. The molecule has 1 aliphatic rings. The van der Waals surface area contributed by atoms with Crippen LogP contribution in [-0.2, 0) is 32.1 Å². The monoisotopic (exact) mass is 546 g/mol. The Morgan fingerprint density at radius 1 is 1.14 bits per heavy atom. The molecule has 204 valence electrons. The number of carbonyl (C=O) groups is 1. The molecule has 0 bridgehead atoms. The van der Waals surface area contributed by atoms with E-state index in [-0.39, 0.29) is 17.9 Å². The average molecular weight is 547 g/mol. The number of benzene rings is 2. The molecule has 37 heavy (non-hydrogen) atoms. The van der Waals surface area contributed by atoms with E-state index in [2.05, 4.69) is 10.0 Å². The van der Waals surface area contributed by atoms with Gasteiger partial charge in [-0.25, -0.2) is 17.2 Å². The lowest BCUT2D eigenvalue weighted by atomic mass is 9.81. The normalized spacial score (nSPS) is 20.9. The van der Waals surface area contributed by atoms with Crippen molar-refractivity contribution >= 4 is 21.6 Å². The third-order valence-electron chi connectivity index (χ3n) is 7.25. The van der Waals surface area contributed by atoms with Gasteiger partial charge in [0, 0.05) is 16.9 Å². The molecule has 0 saturated heterocycles. The summed E-state index contributed by atoms with van der Waals surface area (Å²) in [7, 11) is -3.46. The number of amides is 1. The van der Waals surface area contributed by atoms with Crippen molar-refractivity contribution in [1.29, 1.82) is 0 Å². The molecule has 2 aromatic carbocycles. The third kappa shape index (κ3) is 5.76. The molecule has 0 aromatic heterocycles. The van der Waals surface area contributed by atoms with Gasteiger partial charge in [0.2, 0.25) is 15.9 Å². The van der Waals surface area contributed by atoms with Crippen LogP contribution in [0, 0.1) is 17.6 Å². The van der Waals surface area contributed by atoms with E-state index in [0.29, 0.717) is 12.1 Å². The summed E-state index contributed by atoms with van der Waals surface area (Å²) in [6, 6.07) is 6.44. The van der Waals surface area contributed by atoms with Crippen LogP contribution in [0.15, 0.2) is 30.3 Å². The van der Waals surface area contributed by atoms with Gasteiger partial charge < -0.3 is 5.32 Å². The number of carbonyl (C=O) groups excluding carboxylic acids is 1. The number of sulfonamides is 1. The average Bonchev–Trinajstić information content (AvgIpc) is 3.44. The van der Waals surface area contributed by atoms with Crippen LogP contribution in [0.4, 0.5) is 27.6 Å². The summed E-state index contributed by atoms with van der Waals surface area (Å²) in [5.74, 6) is -3.57. The number of alkyl halides is 3. The lowest BCUT2D eigenvalue weighted by molar-refractivity contribution is -0.181. The molecule has 1 aliphatic carbocycles. The minimum absolute atomic E-state index is 0.126. The van der Waals surface area contributed by atoms with Crippen molar-refractivity contribution in [2.75, 3.05) is 11.0 Å². The summed E-state index contributed by atoms with van der Waals surface area (Å²) in [5.41, 5.74) is -2.65. The lowest BCUT2D eigenvalue weighted by Gasteiger charge is -2.29. The van der Waals surface area contributed by atoms with Crippen LogP contribution in [0.5, 0.6) is 0 Å². The Hall–Kier alpha value is -2.69. The molecule has 11 heteroatoms. The zero-order valence-corrected chi connectivity index (χ0v) is 22.3. The predicted octanol–water partition coefficient (Wildman–Crippen LogP) is 5.89. The maximum absolute atomic E-state index is 14.8. The number of rotatable bonds is 8. The minimum Gasteiger partial charge on any atom is -0.349 e. The molecule has 1 saturated carbocycles. The topological polar surface area (TPSA) is 75.3 Å². The van der Waals surface area contributed by atoms with Crippen LogP contribution in [0.1, 0.15) is 69.3 Å². The van der Waals surface area contributed by atoms with E-state index in [9.17, 15) is 35.2 Å². The van der Waals surface area contributed by atoms with Crippen LogP contribution >= 0.6 is 0 Å². The van der Waals surface area contributed by atoms with Gasteiger partial charge in [0.1, 0.15) is 11.6 Å². The quantitative estimate of drug-likeness (QED) is 0.406. The van der Waals surface area contributed by atoms with Crippen LogP contribution in [0.25, 0.3) is 0 Å². The highest BCUT2D eigenvalue weighted by atomic mass is 32.2. The smallest absolute Gasteiger partial charge is 0.349 e. The summed E-state index contributed by atoms with van der Waals surface area (Å²) in [6.45, 7) is 6.70. The first-order valence-electron chi connectivity index (χ1n) is 11.8. The summed E-state index contributed by atoms with van der Waals surface area (Å²) in [5, 5.41) is 2.87. The van der Waals surface area contributed by atoms with Gasteiger partial charge in [-0.05, 0) is 68.5 Å². The van der Waals surface area contributed by atoms with Gasteiger partial charge in [0.25, 0.3) is 0 Å². The van der Waals surface area contributed by atoms with E-state index < -0.39 is 56.2 Å². The Balaban J connectivity index is 1.78. The first-order chi connectivity index (χ1) is 16.8. The molecule has 1 amide bonds. The number of halogens is 5. The Bertz CT molecular complexity index is 1300. The molecule has 3 atom stereocenters. The molecule has 1 fully saturated rings. The second-order valence-corrected chi connectivity index (χ2v) is 12.2. The summed E-state index contributed by atoms with van der Waals surface area (Å²) in [4.78, 5) is 13.0. The van der Waals surface area contributed by atoms with Gasteiger partial charge in [-0.2, -0.15) is 13.2 Å². The Kier molecular flexibility index (Phi) is 7.46. The van der Waals surface area contributed by atoms with Gasteiger partial charge in [-0.1, -0.05) is 26.0 Å². The summed E-state index contributed by atoms with van der Waals surface area (Å²) < 4.78 is 95.3. The number of hydrogen-bond acceptors (Lipinski definition) is 3. The first kappa shape index (κ1) is 28.9. The number of anilines is 1. The highest BCUT2D eigenvalue weighted by molar-refractivity contribution is 7.92. The van der Waals surface area contributed by atoms with Crippen LogP contribution in [-0.4, -0.2) is 26.8 Å². The predicted molar refractivity (Wildman–Crippen MR) is 132 cm³/mol. The minimum atomic E-state index is -4.85. The van der Waals surface area contributed by atoms with E-state index >= 15 is 0 Å². The van der Waals surface area contributed by atoms with Crippen molar-refractivity contribution in [2.45, 2.75) is 70.5 Å². The second-order valence-electron chi connectivity index (χ2n) is 10.5. The van der Waals surface area contributed by atoms with E-state index in [4.69, 9.17) is 0 Å². The van der Waals surface area contributed by atoms with Crippen molar-refractivity contribution in [3.63, 3.8) is 0 Å². The fourth-order valence-corrected chi connectivity index (χ4v) is 5.18. The molecule has 3 unspecified atom stereocenters. The Labute approximate surface area is 213 Å². The lowest BCUT2D eigenvalue weighted by Crippen LogP contribution is -2.38. The number of nitrogens with one attached hydrogen (secondary N) is 2. The highest BCUT2D eigenvalue weighted by Crippen LogP contribution is 2.55. The zero-order valence-electron chi connectivity index (χ0n) is 21.5. The maximum Gasteiger partial charge on any atom is 0.398 e. The summed E-state index contributed by atoms with van der Waals surface area (Å²) in [6.07, 6.45) is -2.97. The Morgan fingerprint density at radius 3 is 2.19 bits per heavy atom. The van der Waals surface area contributed by atoms with Gasteiger partial charge in [0.15, 0.2) is 0 Å². The molecule has 0 radical (unpaired) electrons. The van der Waals surface area contributed by atoms with E-state index in [0.717, 1.165) is 43.4 Å². The van der Waals surface area contributed by atoms with Gasteiger partial charge >= 0.3 is 6.18 Å². The summed E-state index contributed by atoms with van der Waals surface area (Å²) >= 11 is 0. The van der Waals surface area contributed by atoms with Crippen molar-refractivity contribution < 1.29 is 35.2 Å². The molecular weight excluding hydrogens is 515 g/mol. The molecule has 3 rings (SSSR count). The van der Waals surface area contributed by atoms with Gasteiger partial charge in [-0.3, -0.25) is 9.52 Å². The third-order valence-corrected chi connectivity index (χ3v) is 7.84. The largest absolute Gasteiger partial charge is 0.398 e. The highest BCUT2D eigenvalue weighted by Gasteiger charge is 2.57. The van der Waals surface area contributed by atoms with Crippen molar-refractivity contribution in [2.24, 2.45) is 5.92 Å². The second kappa shape index (κ2) is 9.56. The van der Waals surface area contributed by atoms with E-state index in [1.165, 1.54) is 0 Å². The standard InChI is InChI=1S/C26H31F5N2O3S/c1-7-15-10-16(8-9-21(15)33-37(6,35)36)14(2)32-23(34)18-13-25(18,5)17-11-19(27)22(20(28)12-17)24(3,4)26(29,30)31/h8-12,14,18,33H,7,13H2,1-6H3,(H,32,34). The fourth-order valence-electron chi connectivity index (χ4n) is 4.58. The van der Waals surface area contributed by atoms with Crippen LogP contribution in [0.2, 0.25) is 0 Å². The van der Waals surface area contributed by atoms with Gasteiger partial charge in [0.05, 0.1) is 23.4 Å². The molecular formula is C26H31F5N2O3S. The molecule has 0 spiro atoms. The first-order valence-corrected chi connectivity index (χ1v) is 13.7. The van der Waals surface area contributed by atoms with Crippen molar-refractivity contribution in [1.82, 2.24) is 5.32 Å². The zero-order chi connectivity index (χ0) is 28.1. The molecule has 2 aromatic rings. The maximum atomic E-state index is 14.8. The van der Waals surface area contributed by atoms with Crippen molar-refractivity contribution in [3.05, 3.63) is 64.2 Å². The number of aryl methyl sites for hydroxylation is 1. The van der Waals surface area contributed by atoms with Crippen molar-refractivity contribution in [3.8, 4) is 0 Å². The van der Waals surface area contributed by atoms with E-state index in [1.807, 2.05) is 6.92 Å². The van der Waals surface area contributed by atoms with Crippen LogP contribution < -0.4 is 10.0 Å². The molecule has 2 N–H and O–H groups in total. The number of hydrogen-bond donors (Lipinski definition) is 2. The van der Waals surface area contributed by atoms with E-state index in [1.54, 1.807) is 32.0 Å². The SMILES string of the molecule is CCc1cc(C(C)NC(=O)C2CC2(C)c2cc(F)c(C(C)(C)C(F)(F)F)c(F)c2)ccc1NS(C)(=O)=O. The molecule has 0 aliphatic heterocycles.